The predicted molar refractivity (Wildman–Crippen MR) is 71.5 cm³/mol. The molecule has 85 valence electrons. The van der Waals surface area contributed by atoms with Gasteiger partial charge in [0.1, 0.15) is 0 Å². The molecule has 1 aromatic carbocycles. The Bertz CT molecular complexity index is 341. The van der Waals surface area contributed by atoms with E-state index in [1.807, 2.05) is 12.1 Å². The monoisotopic (exact) mass is 231 g/mol. The lowest BCUT2D eigenvalue weighted by molar-refractivity contribution is -0.000805. The number of hydrogen-bond donors (Lipinski definition) is 0. The van der Waals surface area contributed by atoms with Crippen LogP contribution in [0.5, 0.6) is 0 Å². The molecule has 0 aromatic heterocycles. The molecule has 0 spiro atoms. The molecule has 1 aromatic rings. The molecule has 0 N–H and O–H groups in total. The Hall–Kier alpha value is -0.863. The molecule has 0 amide bonds. The van der Waals surface area contributed by atoms with E-state index < -0.39 is 0 Å². The van der Waals surface area contributed by atoms with Gasteiger partial charge in [-0.05, 0) is 24.8 Å². The van der Waals surface area contributed by atoms with Crippen molar-refractivity contribution >= 4 is 10.2 Å². The van der Waals surface area contributed by atoms with Crippen LogP contribution in [0.15, 0.2) is 43.0 Å². The second-order valence-electron chi connectivity index (χ2n) is 4.52. The van der Waals surface area contributed by atoms with E-state index in [1.165, 1.54) is 24.3 Å². The van der Waals surface area contributed by atoms with Crippen molar-refractivity contribution in [3.05, 3.63) is 54.5 Å². The van der Waals surface area contributed by atoms with Crippen molar-refractivity contribution in [1.29, 1.82) is 0 Å². The molecular weight excluding hydrogens is 212 g/mol. The third-order valence-corrected chi connectivity index (χ3v) is 4.65. The summed E-state index contributed by atoms with van der Waals surface area (Å²) in [5.74, 6) is 1.28. The van der Waals surface area contributed by atoms with E-state index in [2.05, 4.69) is 30.8 Å². The summed E-state index contributed by atoms with van der Waals surface area (Å²) in [6, 6.07) is 10.5. The lowest BCUT2D eigenvalue weighted by Crippen LogP contribution is -2.42. The summed E-state index contributed by atoms with van der Waals surface area (Å²) in [4.78, 5) is 0. The van der Waals surface area contributed by atoms with Crippen molar-refractivity contribution in [1.82, 2.24) is 0 Å². The smallest absolute Gasteiger partial charge is 0.0625 e. The second kappa shape index (κ2) is 4.98. The number of ether oxygens (including phenoxy) is 1. The van der Waals surface area contributed by atoms with E-state index >= 15 is 0 Å². The highest BCUT2D eigenvalue weighted by Crippen LogP contribution is 2.35. The van der Waals surface area contributed by atoms with Crippen molar-refractivity contribution in [3.8, 4) is 0 Å². The van der Waals surface area contributed by atoms with Crippen LogP contribution in [0, 0.1) is 5.92 Å². The molecule has 1 aliphatic heterocycles. The largest absolute Gasteiger partial charge is 0.378 e. The highest BCUT2D eigenvalue weighted by Gasteiger charge is 2.36. The standard InChI is InChI=1S/C14H19OSi/c1-2-13(12-8-4-3-5-9-12)14(16)10-6-7-11-15-14/h2-5,8-9H,1,6-7,10-11H2,16H3. The van der Waals surface area contributed by atoms with Gasteiger partial charge in [-0.1, -0.05) is 36.4 Å². The molecule has 16 heavy (non-hydrogen) atoms. The van der Waals surface area contributed by atoms with Gasteiger partial charge < -0.3 is 4.74 Å². The van der Waals surface area contributed by atoms with Crippen LogP contribution in [0.4, 0.5) is 0 Å². The number of hydrogen-bond acceptors (Lipinski definition) is 1. The van der Waals surface area contributed by atoms with Crippen LogP contribution in [-0.4, -0.2) is 22.1 Å². The molecule has 1 unspecified atom stereocenters. The summed E-state index contributed by atoms with van der Waals surface area (Å²) in [7, 11) is 1.03. The molecule has 1 aliphatic rings. The van der Waals surface area contributed by atoms with E-state index in [0.717, 1.165) is 23.3 Å². The highest BCUT2D eigenvalue weighted by atomic mass is 28.1. The molecule has 1 radical (unpaired) electrons. The molecule has 1 heterocycles. The van der Waals surface area contributed by atoms with Crippen LogP contribution in [-0.2, 0) is 4.74 Å². The van der Waals surface area contributed by atoms with Gasteiger partial charge in [0.05, 0.1) is 11.1 Å². The minimum atomic E-state index is -0.0125. The quantitative estimate of drug-likeness (QED) is 0.724. The zero-order valence-corrected chi connectivity index (χ0v) is 11.9. The Labute approximate surface area is 101 Å². The zero-order chi connectivity index (χ0) is 11.4. The molecule has 1 saturated heterocycles. The van der Waals surface area contributed by atoms with E-state index in [-0.39, 0.29) is 5.22 Å². The van der Waals surface area contributed by atoms with Gasteiger partial charge in [0, 0.05) is 16.8 Å². The Morgan fingerprint density at radius 2 is 2.06 bits per heavy atom. The summed E-state index contributed by atoms with van der Waals surface area (Å²) >= 11 is 0. The first-order chi connectivity index (χ1) is 7.76. The average molecular weight is 231 g/mol. The Balaban J connectivity index is 2.25. The van der Waals surface area contributed by atoms with Gasteiger partial charge in [-0.15, -0.1) is 6.58 Å². The fourth-order valence-corrected chi connectivity index (χ4v) is 3.45. The molecule has 1 nitrogen and oxygen atoms in total. The first kappa shape index (κ1) is 11.6. The van der Waals surface area contributed by atoms with E-state index in [0.29, 0.717) is 0 Å². The van der Waals surface area contributed by atoms with Gasteiger partial charge in [-0.25, -0.2) is 0 Å². The topological polar surface area (TPSA) is 9.23 Å². The van der Waals surface area contributed by atoms with Crippen LogP contribution >= 0.6 is 0 Å². The lowest BCUT2D eigenvalue weighted by Gasteiger charge is -2.39. The Kier molecular flexibility index (Phi) is 3.61. The zero-order valence-electron chi connectivity index (χ0n) is 9.91. The van der Waals surface area contributed by atoms with Crippen LogP contribution in [0.25, 0.3) is 0 Å². The molecule has 0 saturated carbocycles. The minimum Gasteiger partial charge on any atom is -0.378 e. The fourth-order valence-electron chi connectivity index (χ4n) is 2.40. The third kappa shape index (κ3) is 2.28. The molecular formula is C14H19OSi. The molecule has 0 aliphatic carbocycles. The maximum atomic E-state index is 6.03. The maximum Gasteiger partial charge on any atom is 0.0625 e. The number of rotatable bonds is 3. The second-order valence-corrected chi connectivity index (χ2v) is 6.14. The van der Waals surface area contributed by atoms with Crippen molar-refractivity contribution < 1.29 is 4.74 Å². The number of benzene rings is 1. The summed E-state index contributed by atoms with van der Waals surface area (Å²) in [6.45, 7) is 4.86. The van der Waals surface area contributed by atoms with Crippen molar-refractivity contribution in [2.24, 2.45) is 0 Å². The molecule has 2 heteroatoms. The van der Waals surface area contributed by atoms with Gasteiger partial charge >= 0.3 is 0 Å². The summed E-state index contributed by atoms with van der Waals surface area (Å²) < 4.78 is 6.03. The van der Waals surface area contributed by atoms with E-state index in [1.54, 1.807) is 0 Å². The van der Waals surface area contributed by atoms with Crippen LogP contribution in [0.2, 0.25) is 0 Å². The normalized spacial score (nSPS) is 25.8. The maximum absolute atomic E-state index is 6.03. The lowest BCUT2D eigenvalue weighted by atomic mass is 9.88. The third-order valence-electron chi connectivity index (χ3n) is 3.33. The first-order valence-corrected chi connectivity index (χ1v) is 6.95. The van der Waals surface area contributed by atoms with Gasteiger partial charge in [0.25, 0.3) is 0 Å². The summed E-state index contributed by atoms with van der Waals surface area (Å²) in [6.07, 6.45) is 5.60. The van der Waals surface area contributed by atoms with Gasteiger partial charge in [0.2, 0.25) is 0 Å². The van der Waals surface area contributed by atoms with Crippen molar-refractivity contribution in [3.63, 3.8) is 0 Å². The molecule has 1 fully saturated rings. The molecule has 1 atom stereocenters. The average Bonchev–Trinajstić information content (AvgIpc) is 2.32. The predicted octanol–water partition coefficient (Wildman–Crippen LogP) is 2.06. The molecule has 0 bridgehead atoms. The highest BCUT2D eigenvalue weighted by molar-refractivity contribution is 6.17. The minimum absolute atomic E-state index is 0.0125. The van der Waals surface area contributed by atoms with Crippen LogP contribution in [0.1, 0.15) is 24.8 Å². The van der Waals surface area contributed by atoms with Gasteiger partial charge in [-0.3, -0.25) is 0 Å². The summed E-state index contributed by atoms with van der Waals surface area (Å²) in [5.41, 5.74) is 1.26. The van der Waals surface area contributed by atoms with Crippen LogP contribution < -0.4 is 0 Å². The van der Waals surface area contributed by atoms with E-state index in [9.17, 15) is 0 Å². The van der Waals surface area contributed by atoms with Crippen molar-refractivity contribution in [2.75, 3.05) is 6.61 Å². The van der Waals surface area contributed by atoms with Gasteiger partial charge in [0.15, 0.2) is 0 Å². The summed E-state index contributed by atoms with van der Waals surface area (Å²) in [5, 5.41) is -0.0125. The Morgan fingerprint density at radius 3 is 2.62 bits per heavy atom. The van der Waals surface area contributed by atoms with Crippen molar-refractivity contribution in [2.45, 2.75) is 24.5 Å². The fraction of sp³-hybridized carbons (Fsp3) is 0.357. The SMILES string of the molecule is C=C[C](c1ccccc1)C1([SiH3])CCCCO1. The first-order valence-electron chi connectivity index (χ1n) is 5.95. The molecule has 2 rings (SSSR count). The Morgan fingerprint density at radius 1 is 1.31 bits per heavy atom. The van der Waals surface area contributed by atoms with Gasteiger partial charge in [-0.2, -0.15) is 0 Å². The van der Waals surface area contributed by atoms with Crippen LogP contribution in [0.3, 0.4) is 0 Å². The van der Waals surface area contributed by atoms with E-state index in [4.69, 9.17) is 4.74 Å².